The van der Waals surface area contributed by atoms with Gasteiger partial charge in [-0.3, -0.25) is 9.59 Å². The fourth-order valence-corrected chi connectivity index (χ4v) is 2.85. The number of carbonyl (C=O) groups is 2. The summed E-state index contributed by atoms with van der Waals surface area (Å²) < 4.78 is 39.8. The third kappa shape index (κ3) is 2.50. The molecule has 1 atom stereocenters. The fraction of sp³-hybridized carbons (Fsp3) is 0.176. The van der Waals surface area contributed by atoms with Gasteiger partial charge in [-0.1, -0.05) is 18.2 Å². The molecule has 3 rings (SSSR count). The number of anilines is 1. The van der Waals surface area contributed by atoms with Gasteiger partial charge >= 0.3 is 0 Å². The van der Waals surface area contributed by atoms with E-state index < -0.39 is 35.0 Å². The van der Waals surface area contributed by atoms with Crippen LogP contribution in [0.1, 0.15) is 33.8 Å². The second-order valence-electron chi connectivity index (χ2n) is 5.43. The molecule has 0 aromatic heterocycles. The molecule has 3 nitrogen and oxygen atoms in total. The smallest absolute Gasteiger partial charge is 0.232 e. The molecule has 1 N–H and O–H groups in total. The highest BCUT2D eigenvalue weighted by atomic mass is 19.2. The van der Waals surface area contributed by atoms with Crippen LogP contribution < -0.4 is 5.32 Å². The van der Waals surface area contributed by atoms with E-state index in [0.717, 1.165) is 17.7 Å². The fourth-order valence-electron chi connectivity index (χ4n) is 2.85. The number of nitrogens with one attached hydrogen (secondary N) is 1. The van der Waals surface area contributed by atoms with Crippen molar-refractivity contribution >= 4 is 17.4 Å². The van der Waals surface area contributed by atoms with Crippen molar-refractivity contribution < 1.29 is 22.8 Å². The van der Waals surface area contributed by atoms with Crippen molar-refractivity contribution in [2.45, 2.75) is 19.3 Å². The second-order valence-corrected chi connectivity index (χ2v) is 5.43. The van der Waals surface area contributed by atoms with E-state index in [1.807, 2.05) is 0 Å². The molecule has 0 saturated heterocycles. The van der Waals surface area contributed by atoms with Crippen molar-refractivity contribution in [2.24, 2.45) is 0 Å². The predicted octanol–water partition coefficient (Wildman–Crippen LogP) is 3.72. The lowest BCUT2D eigenvalue weighted by Gasteiger charge is -2.14. The SMILES string of the molecule is Cc1cccc2c1C(C(=O)Nc1ccc(F)c(F)c1F)CC2=O. The standard InChI is InChI=1S/C17H12F3NO2/c1-8-3-2-4-9-13(22)7-10(14(8)9)17(23)21-12-6-5-11(18)15(19)16(12)20/h2-6,10H,7H2,1H3,(H,21,23). The van der Waals surface area contributed by atoms with E-state index in [2.05, 4.69) is 5.32 Å². The number of carbonyl (C=O) groups excluding carboxylic acids is 2. The van der Waals surface area contributed by atoms with Gasteiger partial charge in [-0.2, -0.15) is 0 Å². The first-order chi connectivity index (χ1) is 10.9. The Balaban J connectivity index is 1.92. The molecule has 1 aliphatic rings. The molecule has 118 valence electrons. The highest BCUT2D eigenvalue weighted by Gasteiger charge is 2.35. The molecule has 0 fully saturated rings. The second kappa shape index (κ2) is 5.53. The summed E-state index contributed by atoms with van der Waals surface area (Å²) >= 11 is 0. The highest BCUT2D eigenvalue weighted by Crippen LogP contribution is 2.36. The van der Waals surface area contributed by atoms with Gasteiger partial charge in [0.15, 0.2) is 23.2 Å². The normalized spacial score (nSPS) is 16.3. The van der Waals surface area contributed by atoms with Crippen LogP contribution in [0.5, 0.6) is 0 Å². The van der Waals surface area contributed by atoms with Crippen LogP contribution in [0.4, 0.5) is 18.9 Å². The minimum Gasteiger partial charge on any atom is -0.323 e. The summed E-state index contributed by atoms with van der Waals surface area (Å²) in [4.78, 5) is 24.4. The predicted molar refractivity (Wildman–Crippen MR) is 77.8 cm³/mol. The Morgan fingerprint density at radius 2 is 1.87 bits per heavy atom. The van der Waals surface area contributed by atoms with Crippen LogP contribution in [0.15, 0.2) is 30.3 Å². The zero-order chi connectivity index (χ0) is 16.7. The maximum Gasteiger partial charge on any atom is 0.232 e. The largest absolute Gasteiger partial charge is 0.323 e. The van der Waals surface area contributed by atoms with E-state index in [4.69, 9.17) is 0 Å². The van der Waals surface area contributed by atoms with Gasteiger partial charge in [0.1, 0.15) is 0 Å². The Labute approximate surface area is 130 Å². The number of hydrogen-bond donors (Lipinski definition) is 1. The Bertz CT molecular complexity index is 833. The van der Waals surface area contributed by atoms with Crippen LogP contribution >= 0.6 is 0 Å². The minimum atomic E-state index is -1.65. The third-order valence-corrected chi connectivity index (χ3v) is 3.97. The first kappa shape index (κ1) is 15.3. The van der Waals surface area contributed by atoms with Crippen LogP contribution in [-0.4, -0.2) is 11.7 Å². The van der Waals surface area contributed by atoms with Crippen LogP contribution in [0.25, 0.3) is 0 Å². The molecule has 2 aromatic carbocycles. The number of halogens is 3. The molecule has 23 heavy (non-hydrogen) atoms. The van der Waals surface area contributed by atoms with Crippen molar-refractivity contribution in [3.63, 3.8) is 0 Å². The number of Topliss-reactive ketones (excluding diaryl/α,β-unsaturated/α-hetero) is 1. The van der Waals surface area contributed by atoms with Gasteiger partial charge in [0, 0.05) is 12.0 Å². The molecule has 1 aliphatic carbocycles. The topological polar surface area (TPSA) is 46.2 Å². The minimum absolute atomic E-state index is 0.0304. The molecule has 0 heterocycles. The average molecular weight is 319 g/mol. The third-order valence-electron chi connectivity index (χ3n) is 3.97. The number of aryl methyl sites for hydroxylation is 1. The monoisotopic (exact) mass is 319 g/mol. The summed E-state index contributed by atoms with van der Waals surface area (Å²) in [6, 6.07) is 6.81. The Morgan fingerprint density at radius 3 is 2.61 bits per heavy atom. The zero-order valence-electron chi connectivity index (χ0n) is 12.1. The summed E-state index contributed by atoms with van der Waals surface area (Å²) in [5.41, 5.74) is 1.39. The maximum atomic E-state index is 13.7. The average Bonchev–Trinajstić information content (AvgIpc) is 2.87. The molecule has 0 aliphatic heterocycles. The molecular formula is C17H12F3NO2. The number of fused-ring (bicyclic) bond motifs is 1. The first-order valence-corrected chi connectivity index (χ1v) is 6.97. The lowest BCUT2D eigenvalue weighted by Crippen LogP contribution is -2.21. The van der Waals surface area contributed by atoms with Crippen molar-refractivity contribution in [3.05, 3.63) is 64.5 Å². The summed E-state index contributed by atoms with van der Waals surface area (Å²) in [5, 5.41) is 2.24. The van der Waals surface area contributed by atoms with Gasteiger partial charge in [0.05, 0.1) is 11.6 Å². The number of benzene rings is 2. The Kier molecular flexibility index (Phi) is 3.67. The summed E-state index contributed by atoms with van der Waals surface area (Å²) in [6.07, 6.45) is -0.0304. The van der Waals surface area contributed by atoms with Crippen molar-refractivity contribution in [1.29, 1.82) is 0 Å². The number of rotatable bonds is 2. The number of amides is 1. The maximum absolute atomic E-state index is 13.7. The Hall–Kier alpha value is -2.63. The highest BCUT2D eigenvalue weighted by molar-refractivity contribution is 6.09. The van der Waals surface area contributed by atoms with Crippen molar-refractivity contribution in [1.82, 2.24) is 0 Å². The molecule has 0 saturated carbocycles. The lowest BCUT2D eigenvalue weighted by molar-refractivity contribution is -0.117. The van der Waals surface area contributed by atoms with Crippen molar-refractivity contribution in [2.75, 3.05) is 5.32 Å². The molecule has 6 heteroatoms. The van der Waals surface area contributed by atoms with Gasteiger partial charge in [0.2, 0.25) is 5.91 Å². The van der Waals surface area contributed by atoms with Gasteiger partial charge in [-0.25, -0.2) is 13.2 Å². The first-order valence-electron chi connectivity index (χ1n) is 6.97. The van der Waals surface area contributed by atoms with E-state index in [1.54, 1.807) is 25.1 Å². The van der Waals surface area contributed by atoms with Gasteiger partial charge in [-0.05, 0) is 30.2 Å². The van der Waals surface area contributed by atoms with Crippen LogP contribution in [0.3, 0.4) is 0 Å². The molecular weight excluding hydrogens is 307 g/mol. The molecule has 0 bridgehead atoms. The summed E-state index contributed by atoms with van der Waals surface area (Å²) in [6.45, 7) is 1.77. The van der Waals surface area contributed by atoms with Crippen molar-refractivity contribution in [3.8, 4) is 0 Å². The summed E-state index contributed by atoms with van der Waals surface area (Å²) in [5.74, 6) is -6.02. The van der Waals surface area contributed by atoms with Crippen LogP contribution in [0.2, 0.25) is 0 Å². The molecule has 2 aromatic rings. The molecule has 1 amide bonds. The number of ketones is 1. The van der Waals surface area contributed by atoms with Gasteiger partial charge in [0.25, 0.3) is 0 Å². The molecule has 0 radical (unpaired) electrons. The van der Waals surface area contributed by atoms with Crippen LogP contribution in [0, 0.1) is 24.4 Å². The van der Waals surface area contributed by atoms with Gasteiger partial charge < -0.3 is 5.32 Å². The zero-order valence-corrected chi connectivity index (χ0v) is 12.1. The number of hydrogen-bond acceptors (Lipinski definition) is 2. The van der Waals surface area contributed by atoms with E-state index in [1.165, 1.54) is 0 Å². The van der Waals surface area contributed by atoms with Gasteiger partial charge in [-0.15, -0.1) is 0 Å². The molecule has 0 spiro atoms. The molecule has 1 unspecified atom stereocenters. The Morgan fingerprint density at radius 1 is 1.13 bits per heavy atom. The lowest BCUT2D eigenvalue weighted by atomic mass is 9.96. The van der Waals surface area contributed by atoms with E-state index in [0.29, 0.717) is 11.1 Å². The van der Waals surface area contributed by atoms with E-state index in [9.17, 15) is 22.8 Å². The van der Waals surface area contributed by atoms with E-state index >= 15 is 0 Å². The quantitative estimate of drug-likeness (QED) is 0.858. The summed E-state index contributed by atoms with van der Waals surface area (Å²) in [7, 11) is 0. The van der Waals surface area contributed by atoms with Crippen LogP contribution in [-0.2, 0) is 4.79 Å². The van der Waals surface area contributed by atoms with E-state index in [-0.39, 0.29) is 12.2 Å².